The maximum Gasteiger partial charge on any atom is 0.294 e. The standard InChI is InChI=1S/C46H44N10O9S5/c1-8-27-18-32(69(60,61)62)19-28(9-2)41(27)51-43-40(52-53-44-34(23-47)26(7)54-56(44)46-49-36-15-13-31(68(57,58)59)22-38(36)67-46)25(6)17-39(50-43)55(45-48-35-14-12-24(5)16-37(35)66-45)42-29(10-3)20-33(70(63,64)65)21-30(42)11-4/h12-22H,8-11H2,1-7H3,(H,50,51)(H,57,58,59)(H,60,61,62)(H,63,64,65). The van der Waals surface area contributed by atoms with Gasteiger partial charge in [0.15, 0.2) is 16.8 Å². The molecule has 0 aliphatic rings. The highest BCUT2D eigenvalue weighted by molar-refractivity contribution is 7.86. The smallest absolute Gasteiger partial charge is 0.294 e. The molecule has 0 bridgehead atoms. The fourth-order valence-corrected chi connectivity index (χ4v) is 11.7. The molecule has 0 fully saturated rings. The average Bonchev–Trinajstić information content (AvgIpc) is 4.01. The third-order valence-corrected chi connectivity index (χ3v) is 16.0. The molecule has 0 amide bonds. The van der Waals surface area contributed by atoms with Gasteiger partial charge in [0.1, 0.15) is 23.1 Å². The number of azo groups is 1. The minimum Gasteiger partial charge on any atom is -0.338 e. The van der Waals surface area contributed by atoms with Crippen molar-refractivity contribution >= 4 is 113 Å². The number of pyridine rings is 1. The van der Waals surface area contributed by atoms with Gasteiger partial charge in [-0.05, 0) is 140 Å². The van der Waals surface area contributed by atoms with Crippen molar-refractivity contribution in [1.82, 2.24) is 24.7 Å². The number of hydrogen-bond acceptors (Lipinski definition) is 17. The third kappa shape index (κ3) is 9.66. The number of nitriles is 1. The monoisotopic (exact) mass is 1040 g/mol. The molecule has 4 heterocycles. The van der Waals surface area contributed by atoms with Crippen LogP contribution in [0.25, 0.3) is 25.6 Å². The largest absolute Gasteiger partial charge is 0.338 e. The minimum absolute atomic E-state index is 0.0185. The molecule has 70 heavy (non-hydrogen) atoms. The second kappa shape index (κ2) is 19.0. The number of fused-ring (bicyclic) bond motifs is 2. The minimum atomic E-state index is -4.61. The van der Waals surface area contributed by atoms with Gasteiger partial charge in [0.2, 0.25) is 5.13 Å². The quantitative estimate of drug-likeness (QED) is 0.0548. The number of aromatic nitrogens is 5. The van der Waals surface area contributed by atoms with E-state index in [0.29, 0.717) is 91.6 Å². The zero-order chi connectivity index (χ0) is 50.6. The van der Waals surface area contributed by atoms with Crippen molar-refractivity contribution in [1.29, 1.82) is 5.26 Å². The van der Waals surface area contributed by atoms with E-state index in [1.54, 1.807) is 19.9 Å². The molecule has 0 aliphatic carbocycles. The van der Waals surface area contributed by atoms with Gasteiger partial charge >= 0.3 is 0 Å². The normalized spacial score (nSPS) is 12.4. The predicted octanol–water partition coefficient (Wildman–Crippen LogP) is 10.9. The van der Waals surface area contributed by atoms with E-state index in [2.05, 4.69) is 26.6 Å². The Morgan fingerprint density at radius 1 is 0.686 bits per heavy atom. The summed E-state index contributed by atoms with van der Waals surface area (Å²) in [6.45, 7) is 12.7. The summed E-state index contributed by atoms with van der Waals surface area (Å²) in [5, 5.41) is 28.4. The van der Waals surface area contributed by atoms with E-state index in [9.17, 15) is 44.2 Å². The molecule has 362 valence electrons. The molecule has 8 aromatic rings. The molecule has 0 saturated carbocycles. The Morgan fingerprint density at radius 2 is 1.24 bits per heavy atom. The van der Waals surface area contributed by atoms with Gasteiger partial charge in [-0.25, -0.2) is 15.0 Å². The van der Waals surface area contributed by atoms with Crippen molar-refractivity contribution in [2.45, 2.75) is 88.8 Å². The number of hydrogen-bond donors (Lipinski definition) is 4. The average molecular weight is 1040 g/mol. The van der Waals surface area contributed by atoms with Gasteiger partial charge in [-0.15, -0.1) is 10.2 Å². The number of nitrogens with zero attached hydrogens (tertiary/aromatic N) is 9. The summed E-state index contributed by atoms with van der Waals surface area (Å²) in [6.07, 6.45) is 1.33. The van der Waals surface area contributed by atoms with Crippen LogP contribution >= 0.6 is 22.7 Å². The van der Waals surface area contributed by atoms with Gasteiger partial charge in [-0.3, -0.25) is 18.6 Å². The summed E-state index contributed by atoms with van der Waals surface area (Å²) in [5.74, 6) is 0.408. The second-order valence-electron chi connectivity index (χ2n) is 16.1. The topological polar surface area (TPSA) is 283 Å². The Bertz CT molecular complexity index is 3810. The van der Waals surface area contributed by atoms with Crippen molar-refractivity contribution in [2.24, 2.45) is 10.2 Å². The van der Waals surface area contributed by atoms with Crippen molar-refractivity contribution in [2.75, 3.05) is 10.2 Å². The Hall–Kier alpha value is -6.56. The fourth-order valence-electron chi connectivity index (χ4n) is 7.94. The first-order valence-corrected chi connectivity index (χ1v) is 27.5. The maximum atomic E-state index is 12.6. The number of thiazole rings is 2. The zero-order valence-corrected chi connectivity index (χ0v) is 42.6. The fraction of sp³-hybridized carbons (Fsp3) is 0.239. The first-order valence-electron chi connectivity index (χ1n) is 21.6. The molecule has 8 rings (SSSR count). The summed E-state index contributed by atoms with van der Waals surface area (Å²) in [4.78, 5) is 15.9. The summed E-state index contributed by atoms with van der Waals surface area (Å²) in [7, 11) is -13.7. The second-order valence-corrected chi connectivity index (χ2v) is 22.4. The van der Waals surface area contributed by atoms with Gasteiger partial charge in [-0.2, -0.15) is 40.3 Å². The van der Waals surface area contributed by atoms with Crippen LogP contribution in [0.1, 0.15) is 72.3 Å². The van der Waals surface area contributed by atoms with E-state index in [1.807, 2.05) is 57.7 Å². The predicted molar refractivity (Wildman–Crippen MR) is 269 cm³/mol. The van der Waals surface area contributed by atoms with Crippen molar-refractivity contribution < 1.29 is 38.9 Å². The molecular formula is C46H44N10O9S5. The lowest BCUT2D eigenvalue weighted by Gasteiger charge is -2.28. The van der Waals surface area contributed by atoms with Crippen LogP contribution < -0.4 is 10.2 Å². The summed E-state index contributed by atoms with van der Waals surface area (Å²) >= 11 is 2.43. The van der Waals surface area contributed by atoms with Crippen molar-refractivity contribution in [3.05, 3.63) is 111 Å². The van der Waals surface area contributed by atoms with Crippen LogP contribution in [-0.4, -0.2) is 63.6 Å². The van der Waals surface area contributed by atoms with Crippen molar-refractivity contribution in [3.63, 3.8) is 0 Å². The Morgan fingerprint density at radius 3 is 1.81 bits per heavy atom. The highest BCUT2D eigenvalue weighted by Gasteiger charge is 2.29. The number of aryl methyl sites for hydroxylation is 7. The Balaban J connectivity index is 1.40. The number of anilines is 5. The summed E-state index contributed by atoms with van der Waals surface area (Å²) in [5.41, 5.74) is 6.37. The van der Waals surface area contributed by atoms with Crippen LogP contribution in [0.15, 0.2) is 91.6 Å². The molecule has 0 saturated heterocycles. The molecule has 0 spiro atoms. The molecule has 0 atom stereocenters. The third-order valence-electron chi connectivity index (χ3n) is 11.4. The van der Waals surface area contributed by atoms with Crippen LogP contribution in [0.5, 0.6) is 0 Å². The van der Waals surface area contributed by atoms with Crippen LogP contribution in [0.4, 0.5) is 39.6 Å². The number of benzene rings is 4. The van der Waals surface area contributed by atoms with Crippen LogP contribution in [-0.2, 0) is 56.0 Å². The van der Waals surface area contributed by atoms with Crippen molar-refractivity contribution in [3.8, 4) is 11.2 Å². The van der Waals surface area contributed by atoms with Gasteiger partial charge in [-0.1, -0.05) is 56.4 Å². The van der Waals surface area contributed by atoms with Gasteiger partial charge < -0.3 is 5.32 Å². The Kier molecular flexibility index (Phi) is 13.5. The lowest BCUT2D eigenvalue weighted by molar-refractivity contribution is 0.480. The molecule has 19 nitrogen and oxygen atoms in total. The van der Waals surface area contributed by atoms with Crippen LogP contribution in [0, 0.1) is 32.1 Å². The summed E-state index contributed by atoms with van der Waals surface area (Å²) < 4.78 is 107. The molecular weight excluding hydrogens is 997 g/mol. The van der Waals surface area contributed by atoms with Crippen LogP contribution in [0.3, 0.4) is 0 Å². The maximum absolute atomic E-state index is 12.6. The molecule has 4 N–H and O–H groups in total. The highest BCUT2D eigenvalue weighted by Crippen LogP contribution is 2.46. The van der Waals surface area contributed by atoms with Gasteiger partial charge in [0, 0.05) is 5.69 Å². The number of rotatable bonds is 15. The van der Waals surface area contributed by atoms with E-state index >= 15 is 0 Å². The molecule has 0 aliphatic heterocycles. The van der Waals surface area contributed by atoms with E-state index in [-0.39, 0.29) is 48.4 Å². The lowest BCUT2D eigenvalue weighted by atomic mass is 10.0. The SMILES string of the molecule is CCc1cc(S(=O)(=O)O)cc(CC)c1Nc1nc(N(c2nc3ccc(C)cc3s2)c2c(CC)cc(S(=O)(=O)O)cc2CC)cc(C)c1N=Nc1c(C#N)c(C)nn1-c1nc2ccc(S(=O)(=O)O)cc2s1. The molecule has 24 heteroatoms. The first kappa shape index (κ1) is 49.8. The number of nitrogens with one attached hydrogen (secondary N) is 1. The first-order chi connectivity index (χ1) is 33.1. The Labute approximate surface area is 411 Å². The van der Waals surface area contributed by atoms with E-state index in [4.69, 9.17) is 15.1 Å². The molecule has 0 radical (unpaired) electrons. The molecule has 0 unspecified atom stereocenters. The van der Waals surface area contributed by atoms with Crippen LogP contribution in [0.2, 0.25) is 0 Å². The lowest BCUT2D eigenvalue weighted by Crippen LogP contribution is -2.17. The zero-order valence-electron chi connectivity index (χ0n) is 38.5. The van der Waals surface area contributed by atoms with Gasteiger partial charge in [0.05, 0.1) is 46.5 Å². The van der Waals surface area contributed by atoms with E-state index < -0.39 is 30.4 Å². The summed E-state index contributed by atoms with van der Waals surface area (Å²) in [6, 6.07) is 19.3. The molecule has 4 aromatic heterocycles. The molecule has 4 aromatic carbocycles. The van der Waals surface area contributed by atoms with E-state index in [0.717, 1.165) is 21.6 Å². The van der Waals surface area contributed by atoms with Gasteiger partial charge in [0.25, 0.3) is 30.4 Å². The highest BCUT2D eigenvalue weighted by atomic mass is 32.2. The van der Waals surface area contributed by atoms with E-state index in [1.165, 1.54) is 58.5 Å².